The summed E-state index contributed by atoms with van der Waals surface area (Å²) >= 11 is 0. The van der Waals surface area contributed by atoms with Crippen molar-refractivity contribution in [3.05, 3.63) is 71.3 Å². The summed E-state index contributed by atoms with van der Waals surface area (Å²) in [6, 6.07) is 16.7. The third-order valence-corrected chi connectivity index (χ3v) is 3.36. The van der Waals surface area contributed by atoms with Gasteiger partial charge in [-0.25, -0.2) is 0 Å². The van der Waals surface area contributed by atoms with Crippen molar-refractivity contribution in [3.8, 4) is 0 Å². The first kappa shape index (κ1) is 13.5. The molecular formula is C17H18O2. The number of hydrogen-bond donors (Lipinski definition) is 1. The van der Waals surface area contributed by atoms with Crippen LogP contribution in [0, 0.1) is 12.8 Å². The molecule has 2 aromatic rings. The minimum atomic E-state index is -0.770. The molecule has 0 saturated carbocycles. The van der Waals surface area contributed by atoms with Crippen molar-refractivity contribution in [1.82, 2.24) is 0 Å². The molecule has 0 heterocycles. The summed E-state index contributed by atoms with van der Waals surface area (Å²) in [5.41, 5.74) is 2.56. The maximum atomic E-state index is 12.3. The number of benzene rings is 2. The van der Waals surface area contributed by atoms with Gasteiger partial charge in [-0.2, -0.15) is 0 Å². The third kappa shape index (κ3) is 3.09. The van der Waals surface area contributed by atoms with Gasteiger partial charge in [0.25, 0.3) is 0 Å². The summed E-state index contributed by atoms with van der Waals surface area (Å²) in [4.78, 5) is 12.3. The van der Waals surface area contributed by atoms with Gasteiger partial charge in [0.1, 0.15) is 0 Å². The van der Waals surface area contributed by atoms with E-state index in [9.17, 15) is 9.90 Å². The predicted molar refractivity (Wildman–Crippen MR) is 76.1 cm³/mol. The number of aliphatic hydroxyl groups excluding tert-OH is 1. The Balaban J connectivity index is 2.17. The van der Waals surface area contributed by atoms with Crippen molar-refractivity contribution in [1.29, 1.82) is 0 Å². The lowest BCUT2D eigenvalue weighted by Crippen LogP contribution is -2.19. The number of carbonyl (C=O) groups excluding carboxylic acids is 1. The second kappa shape index (κ2) is 5.81. The molecule has 2 aromatic carbocycles. The van der Waals surface area contributed by atoms with E-state index in [-0.39, 0.29) is 5.78 Å². The van der Waals surface area contributed by atoms with Gasteiger partial charge in [0.05, 0.1) is 6.10 Å². The predicted octanol–water partition coefficient (Wildman–Crippen LogP) is 3.55. The van der Waals surface area contributed by atoms with E-state index < -0.39 is 12.0 Å². The number of aryl methyl sites for hydroxylation is 1. The topological polar surface area (TPSA) is 37.3 Å². The average molecular weight is 254 g/mol. The van der Waals surface area contributed by atoms with E-state index in [0.29, 0.717) is 5.56 Å². The van der Waals surface area contributed by atoms with E-state index in [1.807, 2.05) is 49.4 Å². The molecule has 0 spiro atoms. The maximum absolute atomic E-state index is 12.3. The largest absolute Gasteiger partial charge is 0.388 e. The highest BCUT2D eigenvalue weighted by atomic mass is 16.3. The normalized spacial score (nSPS) is 13.8. The Morgan fingerprint density at radius 2 is 1.58 bits per heavy atom. The van der Waals surface area contributed by atoms with Crippen molar-refractivity contribution >= 4 is 5.78 Å². The van der Waals surface area contributed by atoms with Gasteiger partial charge in [-0.05, 0) is 12.5 Å². The van der Waals surface area contributed by atoms with Gasteiger partial charge >= 0.3 is 0 Å². The number of carbonyl (C=O) groups is 1. The molecule has 2 atom stereocenters. The molecule has 0 fully saturated rings. The van der Waals surface area contributed by atoms with Crippen LogP contribution in [-0.2, 0) is 0 Å². The Hall–Kier alpha value is -1.93. The molecule has 0 aromatic heterocycles. The Bertz CT molecular complexity index is 543. The monoisotopic (exact) mass is 254 g/mol. The molecule has 0 aliphatic rings. The molecule has 0 bridgehead atoms. The van der Waals surface area contributed by atoms with Crippen LogP contribution >= 0.6 is 0 Å². The summed E-state index contributed by atoms with van der Waals surface area (Å²) in [5.74, 6) is -0.487. The fourth-order valence-electron chi connectivity index (χ4n) is 2.06. The molecule has 0 radical (unpaired) electrons. The van der Waals surface area contributed by atoms with E-state index in [1.54, 1.807) is 19.1 Å². The fourth-order valence-corrected chi connectivity index (χ4v) is 2.06. The van der Waals surface area contributed by atoms with Gasteiger partial charge in [0, 0.05) is 11.5 Å². The third-order valence-electron chi connectivity index (χ3n) is 3.36. The lowest BCUT2D eigenvalue weighted by atomic mass is 9.90. The Morgan fingerprint density at radius 1 is 1.00 bits per heavy atom. The zero-order valence-electron chi connectivity index (χ0n) is 11.2. The second-order valence-electron chi connectivity index (χ2n) is 4.87. The Kier molecular flexibility index (Phi) is 4.13. The molecule has 19 heavy (non-hydrogen) atoms. The van der Waals surface area contributed by atoms with Crippen LogP contribution in [-0.4, -0.2) is 10.9 Å². The van der Waals surface area contributed by atoms with E-state index in [4.69, 9.17) is 0 Å². The zero-order chi connectivity index (χ0) is 13.8. The Labute approximate surface area is 113 Å². The number of Topliss-reactive ketones (excluding diaryl/α,β-unsaturated/α-hetero) is 1. The summed E-state index contributed by atoms with van der Waals surface area (Å²) in [6.07, 6.45) is -0.770. The smallest absolute Gasteiger partial charge is 0.168 e. The molecular weight excluding hydrogens is 236 g/mol. The quantitative estimate of drug-likeness (QED) is 0.847. The van der Waals surface area contributed by atoms with Crippen molar-refractivity contribution in [2.24, 2.45) is 5.92 Å². The first-order valence-electron chi connectivity index (χ1n) is 6.43. The molecule has 2 rings (SSSR count). The van der Waals surface area contributed by atoms with E-state index in [1.165, 1.54) is 0 Å². The minimum Gasteiger partial charge on any atom is -0.388 e. The number of hydrogen-bond acceptors (Lipinski definition) is 2. The number of rotatable bonds is 4. The van der Waals surface area contributed by atoms with Crippen LogP contribution in [0.5, 0.6) is 0 Å². The number of ketones is 1. The highest BCUT2D eigenvalue weighted by Gasteiger charge is 2.24. The maximum Gasteiger partial charge on any atom is 0.168 e. The highest BCUT2D eigenvalue weighted by Crippen LogP contribution is 2.25. The summed E-state index contributed by atoms with van der Waals surface area (Å²) in [7, 11) is 0. The van der Waals surface area contributed by atoms with Crippen LogP contribution < -0.4 is 0 Å². The SMILES string of the molecule is Cc1ccc([C@H](O)[C@@H](C)C(=O)c2ccccc2)cc1. The molecule has 0 aliphatic carbocycles. The minimum absolute atomic E-state index is 0.0336. The molecule has 2 heteroatoms. The van der Waals surface area contributed by atoms with Gasteiger partial charge in [-0.1, -0.05) is 67.1 Å². The molecule has 1 N–H and O–H groups in total. The first-order valence-corrected chi connectivity index (χ1v) is 6.43. The van der Waals surface area contributed by atoms with Gasteiger partial charge < -0.3 is 5.11 Å². The first-order chi connectivity index (χ1) is 9.09. The van der Waals surface area contributed by atoms with Crippen molar-refractivity contribution < 1.29 is 9.90 Å². The standard InChI is InChI=1S/C17H18O2/c1-12-8-10-15(11-9-12)17(19)13(2)16(18)14-6-4-3-5-7-14/h3-11,13,17,19H,1-2H3/t13-,17+/m0/s1. The summed E-state index contributed by atoms with van der Waals surface area (Å²) in [6.45, 7) is 3.76. The summed E-state index contributed by atoms with van der Waals surface area (Å²) < 4.78 is 0. The van der Waals surface area contributed by atoms with Crippen LogP contribution in [0.3, 0.4) is 0 Å². The van der Waals surface area contributed by atoms with Gasteiger partial charge in [0.2, 0.25) is 0 Å². The molecule has 2 nitrogen and oxygen atoms in total. The lowest BCUT2D eigenvalue weighted by molar-refractivity contribution is 0.0713. The van der Waals surface area contributed by atoms with Crippen LogP contribution in [0.2, 0.25) is 0 Å². The molecule has 98 valence electrons. The second-order valence-corrected chi connectivity index (χ2v) is 4.87. The molecule has 0 saturated heterocycles. The number of aliphatic hydroxyl groups is 1. The zero-order valence-corrected chi connectivity index (χ0v) is 11.2. The van der Waals surface area contributed by atoms with E-state index >= 15 is 0 Å². The molecule has 0 unspecified atom stereocenters. The Morgan fingerprint density at radius 3 is 2.16 bits per heavy atom. The molecule has 0 aliphatic heterocycles. The van der Waals surface area contributed by atoms with Crippen LogP contribution in [0.4, 0.5) is 0 Å². The van der Waals surface area contributed by atoms with Gasteiger partial charge in [-0.15, -0.1) is 0 Å². The van der Waals surface area contributed by atoms with E-state index in [2.05, 4.69) is 0 Å². The van der Waals surface area contributed by atoms with Crippen molar-refractivity contribution in [3.63, 3.8) is 0 Å². The fraction of sp³-hybridized carbons (Fsp3) is 0.235. The molecule has 0 amide bonds. The van der Waals surface area contributed by atoms with Crippen LogP contribution in [0.25, 0.3) is 0 Å². The summed E-state index contributed by atoms with van der Waals surface area (Å²) in [5, 5.41) is 10.3. The van der Waals surface area contributed by atoms with Crippen LogP contribution in [0.1, 0.15) is 34.5 Å². The van der Waals surface area contributed by atoms with Crippen molar-refractivity contribution in [2.75, 3.05) is 0 Å². The van der Waals surface area contributed by atoms with Crippen molar-refractivity contribution in [2.45, 2.75) is 20.0 Å². The van der Waals surface area contributed by atoms with Gasteiger partial charge in [-0.3, -0.25) is 4.79 Å². The average Bonchev–Trinajstić information content (AvgIpc) is 2.46. The van der Waals surface area contributed by atoms with Gasteiger partial charge in [0.15, 0.2) is 5.78 Å². The lowest BCUT2D eigenvalue weighted by Gasteiger charge is -2.18. The van der Waals surface area contributed by atoms with Crippen LogP contribution in [0.15, 0.2) is 54.6 Å². The van der Waals surface area contributed by atoms with E-state index in [0.717, 1.165) is 11.1 Å². The highest BCUT2D eigenvalue weighted by molar-refractivity contribution is 5.98.